The number of ether oxygens (including phenoxy) is 1. The molecule has 2 atom stereocenters. The zero-order valence-electron chi connectivity index (χ0n) is 23.5. The van der Waals surface area contributed by atoms with Gasteiger partial charge in [-0.05, 0) is 41.5 Å². The Morgan fingerprint density at radius 3 is 2.24 bits per heavy atom. The summed E-state index contributed by atoms with van der Waals surface area (Å²) in [5.41, 5.74) is 4.62. The van der Waals surface area contributed by atoms with Crippen LogP contribution in [0.25, 0.3) is 0 Å². The third-order valence-electron chi connectivity index (χ3n) is 8.16. The lowest BCUT2D eigenvalue weighted by Crippen LogP contribution is -2.26. The van der Waals surface area contributed by atoms with Crippen molar-refractivity contribution in [2.45, 2.75) is 50.4 Å². The number of carbonyl (C=O) groups is 2. The van der Waals surface area contributed by atoms with Gasteiger partial charge in [-0.3, -0.25) is 14.6 Å². The zero-order valence-corrected chi connectivity index (χ0v) is 23.5. The van der Waals surface area contributed by atoms with Gasteiger partial charge in [-0.1, -0.05) is 71.9 Å². The van der Waals surface area contributed by atoms with Crippen LogP contribution in [0.2, 0.25) is 0 Å². The summed E-state index contributed by atoms with van der Waals surface area (Å²) >= 11 is 0. The first kappa shape index (κ1) is 27.4. The van der Waals surface area contributed by atoms with E-state index in [2.05, 4.69) is 5.16 Å². The van der Waals surface area contributed by atoms with Crippen molar-refractivity contribution < 1.29 is 24.0 Å². The van der Waals surface area contributed by atoms with Crippen molar-refractivity contribution in [2.75, 3.05) is 7.11 Å². The largest absolute Gasteiger partial charge is 0.511 e. The van der Waals surface area contributed by atoms with Crippen LogP contribution in [0.1, 0.15) is 70.5 Å². The minimum atomic E-state index is -0.154. The third kappa shape index (κ3) is 5.68. The molecular weight excluding hydrogens is 528 g/mol. The minimum absolute atomic E-state index is 0.00628. The molecule has 6 rings (SSSR count). The lowest BCUT2D eigenvalue weighted by atomic mass is 9.78. The van der Waals surface area contributed by atoms with E-state index in [4.69, 9.17) is 14.3 Å². The lowest BCUT2D eigenvalue weighted by molar-refractivity contribution is -0.116. The molecule has 2 unspecified atom stereocenters. The Labute approximate surface area is 244 Å². The van der Waals surface area contributed by atoms with Gasteiger partial charge < -0.3 is 14.4 Å². The molecule has 212 valence electrons. The molecule has 42 heavy (non-hydrogen) atoms. The predicted molar refractivity (Wildman–Crippen MR) is 160 cm³/mol. The fourth-order valence-electron chi connectivity index (χ4n) is 6.05. The number of aryl methyl sites for hydroxylation is 1. The molecule has 0 bridgehead atoms. The van der Waals surface area contributed by atoms with Gasteiger partial charge in [0.2, 0.25) is 0 Å². The summed E-state index contributed by atoms with van der Waals surface area (Å²) in [6.45, 7) is 0. The van der Waals surface area contributed by atoms with Crippen LogP contribution in [0.4, 0.5) is 5.69 Å². The average Bonchev–Trinajstić information content (AvgIpc) is 3.44. The summed E-state index contributed by atoms with van der Waals surface area (Å²) < 4.78 is 11.0. The van der Waals surface area contributed by atoms with Crippen LogP contribution < -0.4 is 4.74 Å². The van der Waals surface area contributed by atoms with E-state index in [0.29, 0.717) is 53.4 Å². The second kappa shape index (κ2) is 12.0. The zero-order chi connectivity index (χ0) is 29.1. The first-order valence-corrected chi connectivity index (χ1v) is 14.3. The van der Waals surface area contributed by atoms with Crippen molar-refractivity contribution in [3.8, 4) is 5.75 Å². The van der Waals surface area contributed by atoms with Crippen LogP contribution in [-0.4, -0.2) is 34.7 Å². The van der Waals surface area contributed by atoms with Crippen molar-refractivity contribution in [3.63, 3.8) is 0 Å². The number of aromatic nitrogens is 1. The van der Waals surface area contributed by atoms with Crippen molar-refractivity contribution in [2.24, 2.45) is 4.99 Å². The number of methoxy groups -OCH3 is 1. The van der Waals surface area contributed by atoms with Gasteiger partial charge in [0.1, 0.15) is 17.3 Å². The third-order valence-corrected chi connectivity index (χ3v) is 8.16. The van der Waals surface area contributed by atoms with Gasteiger partial charge in [0.15, 0.2) is 11.6 Å². The van der Waals surface area contributed by atoms with Crippen LogP contribution in [0.3, 0.4) is 0 Å². The highest BCUT2D eigenvalue weighted by Gasteiger charge is 2.34. The fraction of sp³-hybridized carbons (Fsp3) is 0.257. The quantitative estimate of drug-likeness (QED) is 0.189. The maximum absolute atomic E-state index is 13.5. The summed E-state index contributed by atoms with van der Waals surface area (Å²) in [5.74, 6) is 1.04. The molecule has 0 aliphatic heterocycles. The molecule has 4 aromatic rings. The van der Waals surface area contributed by atoms with E-state index >= 15 is 0 Å². The molecule has 0 spiro atoms. The maximum atomic E-state index is 13.5. The van der Waals surface area contributed by atoms with Gasteiger partial charge in [-0.25, -0.2) is 0 Å². The van der Waals surface area contributed by atoms with E-state index in [9.17, 15) is 14.7 Å². The molecule has 0 saturated heterocycles. The monoisotopic (exact) mass is 560 g/mol. The van der Waals surface area contributed by atoms with E-state index in [0.717, 1.165) is 11.1 Å². The van der Waals surface area contributed by atoms with E-state index in [1.165, 1.54) is 0 Å². The van der Waals surface area contributed by atoms with Gasteiger partial charge in [0.05, 0.1) is 35.3 Å². The number of rotatable bonds is 7. The first-order valence-electron chi connectivity index (χ1n) is 14.3. The highest BCUT2D eigenvalue weighted by molar-refractivity contribution is 6.25. The maximum Gasteiger partial charge on any atom is 0.168 e. The Bertz CT molecular complexity index is 1670. The normalized spacial score (nSPS) is 20.8. The van der Waals surface area contributed by atoms with Gasteiger partial charge in [-0.2, -0.15) is 0 Å². The molecule has 3 aromatic carbocycles. The molecule has 1 fully saturated rings. The first-order chi connectivity index (χ1) is 20.5. The van der Waals surface area contributed by atoms with Gasteiger partial charge in [0.25, 0.3) is 0 Å². The highest BCUT2D eigenvalue weighted by Crippen LogP contribution is 2.37. The van der Waals surface area contributed by atoms with Crippen molar-refractivity contribution >= 4 is 23.0 Å². The van der Waals surface area contributed by atoms with Crippen LogP contribution in [0.15, 0.2) is 106 Å². The number of aliphatic hydroxyl groups is 1. The SMILES string of the molecule is COc1cccc(N=C2CC(c3ccccc3)CC(=O)C2=C(O)CCc2noc3c2C(=O)CC(c2ccccc2)C3)c1. The summed E-state index contributed by atoms with van der Waals surface area (Å²) in [6.07, 6.45) is 2.18. The molecule has 1 heterocycles. The van der Waals surface area contributed by atoms with Crippen LogP contribution >= 0.6 is 0 Å². The number of aliphatic imine (C=N–C) groups is 1. The Morgan fingerprint density at radius 1 is 0.881 bits per heavy atom. The van der Waals surface area contributed by atoms with E-state index in [-0.39, 0.29) is 54.0 Å². The van der Waals surface area contributed by atoms with Crippen molar-refractivity contribution in [1.29, 1.82) is 0 Å². The van der Waals surface area contributed by atoms with Crippen LogP contribution in [0.5, 0.6) is 5.75 Å². The summed E-state index contributed by atoms with van der Waals surface area (Å²) in [7, 11) is 1.59. The Kier molecular flexibility index (Phi) is 7.82. The Balaban J connectivity index is 1.27. The van der Waals surface area contributed by atoms with Gasteiger partial charge in [0, 0.05) is 38.2 Å². The molecule has 1 aromatic heterocycles. The average molecular weight is 561 g/mol. The molecule has 7 heteroatoms. The number of ketones is 2. The number of carbonyl (C=O) groups excluding carboxylic acids is 2. The number of aliphatic hydroxyl groups excluding tert-OH is 1. The number of allylic oxidation sites excluding steroid dienone is 2. The molecule has 1 N–H and O–H groups in total. The van der Waals surface area contributed by atoms with E-state index in [1.807, 2.05) is 78.9 Å². The smallest absolute Gasteiger partial charge is 0.168 e. The summed E-state index contributed by atoms with van der Waals surface area (Å²) in [5, 5.41) is 15.5. The van der Waals surface area contributed by atoms with Crippen molar-refractivity contribution in [3.05, 3.63) is 124 Å². The van der Waals surface area contributed by atoms with E-state index < -0.39 is 0 Å². The number of hydrogen-bond acceptors (Lipinski definition) is 7. The minimum Gasteiger partial charge on any atom is -0.511 e. The molecule has 2 aliphatic rings. The van der Waals surface area contributed by atoms with Gasteiger partial charge >= 0.3 is 0 Å². The Hall–Kier alpha value is -4.78. The number of fused-ring (bicyclic) bond motifs is 1. The fourth-order valence-corrected chi connectivity index (χ4v) is 6.05. The summed E-state index contributed by atoms with van der Waals surface area (Å²) in [4.78, 5) is 31.5. The predicted octanol–water partition coefficient (Wildman–Crippen LogP) is 7.26. The molecule has 0 amide bonds. The molecule has 7 nitrogen and oxygen atoms in total. The van der Waals surface area contributed by atoms with Crippen LogP contribution in [0, 0.1) is 0 Å². The Morgan fingerprint density at radius 2 is 1.55 bits per heavy atom. The van der Waals surface area contributed by atoms with E-state index in [1.54, 1.807) is 13.2 Å². The molecule has 1 saturated carbocycles. The van der Waals surface area contributed by atoms with Gasteiger partial charge in [-0.15, -0.1) is 0 Å². The second-order valence-electron chi connectivity index (χ2n) is 10.9. The van der Waals surface area contributed by atoms with Crippen LogP contribution in [-0.2, 0) is 17.6 Å². The second-order valence-corrected chi connectivity index (χ2v) is 10.9. The molecule has 0 radical (unpaired) electrons. The topological polar surface area (TPSA) is 102 Å². The number of benzene rings is 3. The number of nitrogens with zero attached hydrogens (tertiary/aromatic N) is 2. The van der Waals surface area contributed by atoms with Crippen molar-refractivity contribution in [1.82, 2.24) is 5.16 Å². The highest BCUT2D eigenvalue weighted by atomic mass is 16.5. The number of hydrogen-bond donors (Lipinski definition) is 1. The number of Topliss-reactive ketones (excluding diaryl/α,β-unsaturated/α-hetero) is 2. The standard InChI is InChI=1S/C35H32N2O5/c1-41-27-14-8-13-26(21-27)36-29-17-24(22-9-4-2-5-10-22)18-31(39)34(29)30(38)16-15-28-35-32(40)19-25(20-33(35)42-37-28)23-11-6-3-7-12-23/h2-14,21,24-25,38H,15-20H2,1H3. The molecule has 2 aliphatic carbocycles. The molecular formula is C35H32N2O5. The lowest BCUT2D eigenvalue weighted by Gasteiger charge is -2.26. The summed E-state index contributed by atoms with van der Waals surface area (Å²) in [6, 6.07) is 27.2.